The Labute approximate surface area is 131 Å². The molecule has 4 nitrogen and oxygen atoms in total. The van der Waals surface area contributed by atoms with Crippen molar-refractivity contribution in [2.75, 3.05) is 0 Å². The average Bonchev–Trinajstić information content (AvgIpc) is 2.48. The molecule has 0 spiro atoms. The Morgan fingerprint density at radius 1 is 0.958 bits per heavy atom. The fraction of sp³-hybridized carbons (Fsp3) is 0. The van der Waals surface area contributed by atoms with Crippen LogP contribution >= 0.6 is 0 Å². The van der Waals surface area contributed by atoms with E-state index in [4.69, 9.17) is 5.11 Å². The third-order valence-corrected chi connectivity index (χ3v) is 3.42. The topological polar surface area (TPSA) is 59.3 Å². The number of benzene rings is 2. The van der Waals surface area contributed by atoms with Crippen molar-refractivity contribution in [2.45, 2.75) is 0 Å². The quantitative estimate of drug-likeness (QED) is 0.731. The van der Waals surface area contributed by atoms with Gasteiger partial charge in [-0.3, -0.25) is 4.79 Å². The molecule has 1 heterocycles. The minimum atomic E-state index is -1.65. The largest absolute Gasteiger partial charge is 0.477 e. The van der Waals surface area contributed by atoms with Gasteiger partial charge in [0.15, 0.2) is 5.82 Å². The van der Waals surface area contributed by atoms with E-state index in [1.54, 1.807) is 0 Å². The van der Waals surface area contributed by atoms with Crippen LogP contribution in [0.3, 0.4) is 0 Å². The molecule has 1 aromatic heterocycles. The SMILES string of the molecule is O=C(O)c1cn(-c2ccc(F)cc2F)c2c(F)cc(F)cc2c1=O. The highest BCUT2D eigenvalue weighted by Crippen LogP contribution is 2.24. The van der Waals surface area contributed by atoms with Crippen molar-refractivity contribution in [3.8, 4) is 5.69 Å². The van der Waals surface area contributed by atoms with Crippen molar-refractivity contribution in [1.29, 1.82) is 0 Å². The lowest BCUT2D eigenvalue weighted by Crippen LogP contribution is -2.19. The zero-order valence-electron chi connectivity index (χ0n) is 11.7. The van der Waals surface area contributed by atoms with Crippen LogP contribution in [0, 0.1) is 23.3 Å². The Morgan fingerprint density at radius 2 is 1.62 bits per heavy atom. The van der Waals surface area contributed by atoms with E-state index in [2.05, 4.69) is 0 Å². The summed E-state index contributed by atoms with van der Waals surface area (Å²) in [5.41, 5.74) is -2.84. The van der Waals surface area contributed by atoms with E-state index in [-0.39, 0.29) is 0 Å². The first-order valence-electron chi connectivity index (χ1n) is 6.52. The fourth-order valence-electron chi connectivity index (χ4n) is 2.40. The van der Waals surface area contributed by atoms with Crippen LogP contribution in [0.4, 0.5) is 17.6 Å². The number of aromatic nitrogens is 1. The molecule has 0 fully saturated rings. The maximum absolute atomic E-state index is 14.2. The van der Waals surface area contributed by atoms with Gasteiger partial charge in [0.1, 0.15) is 23.0 Å². The van der Waals surface area contributed by atoms with Gasteiger partial charge in [-0.2, -0.15) is 0 Å². The van der Waals surface area contributed by atoms with E-state index >= 15 is 0 Å². The molecule has 1 N–H and O–H groups in total. The molecule has 122 valence electrons. The highest BCUT2D eigenvalue weighted by Gasteiger charge is 2.20. The number of rotatable bonds is 2. The van der Waals surface area contributed by atoms with E-state index < -0.39 is 56.8 Å². The summed E-state index contributed by atoms with van der Waals surface area (Å²) in [6.45, 7) is 0. The first kappa shape index (κ1) is 15.7. The maximum Gasteiger partial charge on any atom is 0.341 e. The van der Waals surface area contributed by atoms with Gasteiger partial charge in [0.25, 0.3) is 0 Å². The second-order valence-electron chi connectivity index (χ2n) is 4.93. The Bertz CT molecular complexity index is 1060. The number of carbonyl (C=O) groups is 1. The molecule has 0 aliphatic rings. The molecule has 0 bridgehead atoms. The Balaban J connectivity index is 2.53. The van der Waals surface area contributed by atoms with Crippen LogP contribution in [0.5, 0.6) is 0 Å². The van der Waals surface area contributed by atoms with Crippen molar-refractivity contribution >= 4 is 16.9 Å². The average molecular weight is 337 g/mol. The van der Waals surface area contributed by atoms with Gasteiger partial charge in [0, 0.05) is 18.3 Å². The van der Waals surface area contributed by atoms with Crippen LogP contribution in [0.2, 0.25) is 0 Å². The molecule has 0 radical (unpaired) electrons. The molecule has 0 amide bonds. The van der Waals surface area contributed by atoms with Crippen LogP contribution in [0.25, 0.3) is 16.6 Å². The molecule has 2 aromatic carbocycles. The molecular formula is C16H7F4NO3. The number of hydrogen-bond acceptors (Lipinski definition) is 2. The van der Waals surface area contributed by atoms with Gasteiger partial charge >= 0.3 is 5.97 Å². The number of halogens is 4. The number of aromatic carboxylic acids is 1. The van der Waals surface area contributed by atoms with E-state index in [0.717, 1.165) is 16.7 Å². The van der Waals surface area contributed by atoms with Crippen molar-refractivity contribution in [3.05, 3.63) is 75.6 Å². The molecule has 0 aliphatic heterocycles. The predicted octanol–water partition coefficient (Wildman–Crippen LogP) is 3.25. The van der Waals surface area contributed by atoms with Crippen LogP contribution in [0.1, 0.15) is 10.4 Å². The van der Waals surface area contributed by atoms with Crippen LogP contribution in [-0.4, -0.2) is 15.6 Å². The summed E-state index contributed by atoms with van der Waals surface area (Å²) in [5.74, 6) is -5.94. The zero-order chi connectivity index (χ0) is 17.6. The van der Waals surface area contributed by atoms with Gasteiger partial charge in [-0.15, -0.1) is 0 Å². The molecule has 8 heteroatoms. The summed E-state index contributed by atoms with van der Waals surface area (Å²) < 4.78 is 55.4. The van der Waals surface area contributed by atoms with Crippen LogP contribution in [-0.2, 0) is 0 Å². The van der Waals surface area contributed by atoms with Crippen LogP contribution < -0.4 is 5.43 Å². The van der Waals surface area contributed by atoms with E-state index in [9.17, 15) is 27.2 Å². The molecular weight excluding hydrogens is 330 g/mol. The number of hydrogen-bond donors (Lipinski definition) is 1. The highest BCUT2D eigenvalue weighted by molar-refractivity contribution is 5.93. The van der Waals surface area contributed by atoms with E-state index in [0.29, 0.717) is 24.4 Å². The van der Waals surface area contributed by atoms with Gasteiger partial charge in [-0.1, -0.05) is 0 Å². The second kappa shape index (κ2) is 5.48. The third-order valence-electron chi connectivity index (χ3n) is 3.42. The normalized spacial score (nSPS) is 11.0. The molecule has 0 atom stereocenters. The minimum absolute atomic E-state index is 0.394. The fourth-order valence-corrected chi connectivity index (χ4v) is 2.40. The molecule has 3 aromatic rings. The predicted molar refractivity (Wildman–Crippen MR) is 76.3 cm³/mol. The van der Waals surface area contributed by atoms with Gasteiger partial charge < -0.3 is 9.67 Å². The summed E-state index contributed by atoms with van der Waals surface area (Å²) >= 11 is 0. The highest BCUT2D eigenvalue weighted by atomic mass is 19.1. The summed E-state index contributed by atoms with van der Waals surface area (Å²) in [6, 6.07) is 3.47. The number of fused-ring (bicyclic) bond motifs is 1. The van der Waals surface area contributed by atoms with Crippen molar-refractivity contribution in [1.82, 2.24) is 4.57 Å². The Morgan fingerprint density at radius 3 is 2.25 bits per heavy atom. The van der Waals surface area contributed by atoms with E-state index in [1.807, 2.05) is 0 Å². The second-order valence-corrected chi connectivity index (χ2v) is 4.93. The van der Waals surface area contributed by atoms with Crippen molar-refractivity contribution in [3.63, 3.8) is 0 Å². The summed E-state index contributed by atoms with van der Waals surface area (Å²) in [4.78, 5) is 23.3. The lowest BCUT2D eigenvalue weighted by atomic mass is 10.1. The molecule has 0 saturated carbocycles. The lowest BCUT2D eigenvalue weighted by molar-refractivity contribution is 0.0695. The number of carboxylic acids is 1. The van der Waals surface area contributed by atoms with Gasteiger partial charge in [-0.05, 0) is 18.2 Å². The monoisotopic (exact) mass is 337 g/mol. The molecule has 24 heavy (non-hydrogen) atoms. The lowest BCUT2D eigenvalue weighted by Gasteiger charge is -2.14. The standard InChI is InChI=1S/C16H7F4NO3/c17-7-1-2-13(11(19)4-7)21-6-10(16(23)24)15(22)9-3-8(18)5-12(20)14(9)21/h1-6H,(H,23,24). The molecule has 3 rings (SSSR count). The smallest absolute Gasteiger partial charge is 0.341 e. The van der Waals surface area contributed by atoms with Gasteiger partial charge in [0.05, 0.1) is 16.6 Å². The maximum atomic E-state index is 14.2. The Hall–Kier alpha value is -3.16. The van der Waals surface area contributed by atoms with Crippen molar-refractivity contribution < 1.29 is 27.5 Å². The molecule has 0 saturated heterocycles. The minimum Gasteiger partial charge on any atom is -0.477 e. The van der Waals surface area contributed by atoms with Gasteiger partial charge in [-0.25, -0.2) is 22.4 Å². The summed E-state index contributed by atoms with van der Waals surface area (Å²) in [7, 11) is 0. The first-order valence-corrected chi connectivity index (χ1v) is 6.52. The number of carboxylic acid groups (broad SMARTS) is 1. The summed E-state index contributed by atoms with van der Waals surface area (Å²) in [5, 5.41) is 8.52. The third kappa shape index (κ3) is 2.41. The molecule has 0 unspecified atom stereocenters. The van der Waals surface area contributed by atoms with Gasteiger partial charge in [0.2, 0.25) is 5.43 Å². The van der Waals surface area contributed by atoms with E-state index in [1.165, 1.54) is 0 Å². The zero-order valence-corrected chi connectivity index (χ0v) is 11.7. The van der Waals surface area contributed by atoms with Crippen LogP contribution in [0.15, 0.2) is 41.3 Å². The number of pyridine rings is 1. The number of nitrogens with zero attached hydrogens (tertiary/aromatic N) is 1. The summed E-state index contributed by atoms with van der Waals surface area (Å²) in [6.07, 6.45) is 0.713. The Kier molecular flexibility index (Phi) is 3.59. The van der Waals surface area contributed by atoms with Crippen molar-refractivity contribution in [2.24, 2.45) is 0 Å². The molecule has 0 aliphatic carbocycles. The first-order chi connectivity index (χ1) is 11.3.